The van der Waals surface area contributed by atoms with E-state index in [4.69, 9.17) is 0 Å². The fraction of sp³-hybridized carbons (Fsp3) is 1.00. The van der Waals surface area contributed by atoms with Crippen molar-refractivity contribution >= 4 is 0 Å². The van der Waals surface area contributed by atoms with Crippen molar-refractivity contribution in [2.45, 2.75) is 58.7 Å². The molecule has 0 spiro atoms. The van der Waals surface area contributed by atoms with E-state index < -0.39 is 11.7 Å². The predicted molar refractivity (Wildman–Crippen MR) is 58.0 cm³/mol. The summed E-state index contributed by atoms with van der Waals surface area (Å²) in [7, 11) is 0. The van der Waals surface area contributed by atoms with Gasteiger partial charge in [0.1, 0.15) is 0 Å². The molecule has 0 aromatic carbocycles. The first-order valence-electron chi connectivity index (χ1n) is 5.76. The summed E-state index contributed by atoms with van der Waals surface area (Å²) in [4.78, 5) is 0. The van der Waals surface area contributed by atoms with Gasteiger partial charge in [0.05, 0.1) is 11.7 Å². The summed E-state index contributed by atoms with van der Waals surface area (Å²) >= 11 is 0. The fourth-order valence-corrected chi connectivity index (χ4v) is 3.02. The topological polar surface area (TPSA) is 40.5 Å². The van der Waals surface area contributed by atoms with Crippen LogP contribution in [0.3, 0.4) is 0 Å². The number of aliphatic hydroxyl groups is 2. The molecule has 2 heteroatoms. The van der Waals surface area contributed by atoms with Gasteiger partial charge in [0.25, 0.3) is 0 Å². The third kappa shape index (κ3) is 2.29. The van der Waals surface area contributed by atoms with Gasteiger partial charge in [-0.15, -0.1) is 0 Å². The minimum absolute atomic E-state index is 0.197. The molecular weight excluding hydrogens is 176 g/mol. The number of hydrogen-bond donors (Lipinski definition) is 2. The van der Waals surface area contributed by atoms with Crippen LogP contribution in [0.25, 0.3) is 0 Å². The Hall–Kier alpha value is -0.0800. The minimum atomic E-state index is -0.871. The highest BCUT2D eigenvalue weighted by Crippen LogP contribution is 2.39. The van der Waals surface area contributed by atoms with Crippen LogP contribution in [0, 0.1) is 17.8 Å². The van der Waals surface area contributed by atoms with E-state index in [1.807, 2.05) is 0 Å². The second-order valence-corrected chi connectivity index (χ2v) is 5.45. The maximum absolute atomic E-state index is 10.4. The standard InChI is InChI=1S/C12H24O2/c1-8-5-9(2)7-12(14,11(4)13)10(3)6-8/h8-11,13-14H,5-7H2,1-4H3. The van der Waals surface area contributed by atoms with Gasteiger partial charge in [0.2, 0.25) is 0 Å². The van der Waals surface area contributed by atoms with Gasteiger partial charge in [-0.3, -0.25) is 0 Å². The van der Waals surface area contributed by atoms with Crippen LogP contribution in [-0.2, 0) is 0 Å². The quantitative estimate of drug-likeness (QED) is 0.637. The van der Waals surface area contributed by atoms with E-state index in [9.17, 15) is 10.2 Å². The van der Waals surface area contributed by atoms with E-state index in [0.717, 1.165) is 12.8 Å². The highest BCUT2D eigenvalue weighted by molar-refractivity contribution is 4.93. The average Bonchev–Trinajstić information content (AvgIpc) is 2.10. The molecule has 0 aliphatic heterocycles. The Morgan fingerprint density at radius 3 is 2.21 bits per heavy atom. The lowest BCUT2D eigenvalue weighted by Crippen LogP contribution is -2.46. The van der Waals surface area contributed by atoms with Crippen LogP contribution >= 0.6 is 0 Å². The lowest BCUT2D eigenvalue weighted by Gasteiger charge is -2.36. The molecule has 14 heavy (non-hydrogen) atoms. The maximum Gasteiger partial charge on any atom is 0.0930 e. The van der Waals surface area contributed by atoms with Crippen LogP contribution in [0.2, 0.25) is 0 Å². The summed E-state index contributed by atoms with van der Waals surface area (Å²) < 4.78 is 0. The Balaban J connectivity index is 2.83. The van der Waals surface area contributed by atoms with Crippen molar-refractivity contribution in [3.8, 4) is 0 Å². The third-order valence-electron chi connectivity index (χ3n) is 3.81. The van der Waals surface area contributed by atoms with Gasteiger partial charge < -0.3 is 10.2 Å². The van der Waals surface area contributed by atoms with Crippen LogP contribution in [0.15, 0.2) is 0 Å². The highest BCUT2D eigenvalue weighted by Gasteiger charge is 2.42. The molecule has 0 aromatic rings. The molecule has 0 aromatic heterocycles. The van der Waals surface area contributed by atoms with E-state index in [0.29, 0.717) is 11.8 Å². The summed E-state index contributed by atoms with van der Waals surface area (Å²) in [5, 5.41) is 20.1. The molecule has 0 radical (unpaired) electrons. The van der Waals surface area contributed by atoms with E-state index in [1.165, 1.54) is 6.42 Å². The van der Waals surface area contributed by atoms with E-state index in [-0.39, 0.29) is 5.92 Å². The normalized spacial score (nSPS) is 47.1. The summed E-state index contributed by atoms with van der Waals surface area (Å²) in [6.07, 6.45) is 2.30. The SMILES string of the molecule is CC1CC(C)CC(O)(C(C)O)C(C)C1. The molecule has 84 valence electrons. The molecule has 1 aliphatic carbocycles. The molecule has 2 N–H and O–H groups in total. The monoisotopic (exact) mass is 200 g/mol. The smallest absolute Gasteiger partial charge is 0.0930 e. The molecule has 1 saturated carbocycles. The second kappa shape index (κ2) is 4.19. The van der Waals surface area contributed by atoms with Crippen molar-refractivity contribution in [3.63, 3.8) is 0 Å². The maximum atomic E-state index is 10.4. The van der Waals surface area contributed by atoms with Gasteiger partial charge in [0, 0.05) is 0 Å². The van der Waals surface area contributed by atoms with Crippen molar-refractivity contribution in [1.29, 1.82) is 0 Å². The first kappa shape index (κ1) is 12.0. The zero-order valence-corrected chi connectivity index (χ0v) is 9.83. The molecule has 5 atom stereocenters. The van der Waals surface area contributed by atoms with Crippen LogP contribution in [0.4, 0.5) is 0 Å². The van der Waals surface area contributed by atoms with Crippen LogP contribution in [0.5, 0.6) is 0 Å². The van der Waals surface area contributed by atoms with Crippen molar-refractivity contribution in [2.24, 2.45) is 17.8 Å². The summed E-state index contributed by atoms with van der Waals surface area (Å²) in [6, 6.07) is 0. The van der Waals surface area contributed by atoms with E-state index in [2.05, 4.69) is 20.8 Å². The molecular formula is C12H24O2. The molecule has 0 bridgehead atoms. The first-order valence-corrected chi connectivity index (χ1v) is 5.76. The third-order valence-corrected chi connectivity index (χ3v) is 3.81. The molecule has 2 nitrogen and oxygen atoms in total. The molecule has 0 amide bonds. The Kier molecular flexibility index (Phi) is 3.59. The van der Waals surface area contributed by atoms with Crippen molar-refractivity contribution in [1.82, 2.24) is 0 Å². The number of hydrogen-bond acceptors (Lipinski definition) is 2. The zero-order chi connectivity index (χ0) is 10.9. The Labute approximate surface area is 87.3 Å². The average molecular weight is 200 g/mol. The zero-order valence-electron chi connectivity index (χ0n) is 9.83. The van der Waals surface area contributed by atoms with Gasteiger partial charge in [-0.25, -0.2) is 0 Å². The highest BCUT2D eigenvalue weighted by atomic mass is 16.3. The first-order chi connectivity index (χ1) is 6.36. The van der Waals surface area contributed by atoms with Gasteiger partial charge in [0.15, 0.2) is 0 Å². The number of rotatable bonds is 1. The Morgan fingerprint density at radius 1 is 1.14 bits per heavy atom. The summed E-state index contributed by atoms with van der Waals surface area (Å²) in [5.41, 5.74) is -0.871. The molecule has 0 saturated heterocycles. The molecule has 1 rings (SSSR count). The van der Waals surface area contributed by atoms with Gasteiger partial charge in [-0.05, 0) is 43.9 Å². The second-order valence-electron chi connectivity index (χ2n) is 5.45. The van der Waals surface area contributed by atoms with Crippen molar-refractivity contribution in [2.75, 3.05) is 0 Å². The van der Waals surface area contributed by atoms with E-state index in [1.54, 1.807) is 6.92 Å². The Bertz CT molecular complexity index is 191. The van der Waals surface area contributed by atoms with Crippen LogP contribution in [-0.4, -0.2) is 21.9 Å². The predicted octanol–water partition coefficient (Wildman–Crippen LogP) is 2.19. The van der Waals surface area contributed by atoms with Gasteiger partial charge in [-0.2, -0.15) is 0 Å². The largest absolute Gasteiger partial charge is 0.390 e. The molecule has 1 fully saturated rings. The van der Waals surface area contributed by atoms with Crippen LogP contribution < -0.4 is 0 Å². The summed E-state index contributed by atoms with van der Waals surface area (Å²) in [5.74, 6) is 1.37. The molecule has 5 unspecified atom stereocenters. The molecule has 0 heterocycles. The van der Waals surface area contributed by atoms with Crippen LogP contribution in [0.1, 0.15) is 47.0 Å². The summed E-state index contributed by atoms with van der Waals surface area (Å²) in [6.45, 7) is 8.17. The Morgan fingerprint density at radius 2 is 1.71 bits per heavy atom. The van der Waals surface area contributed by atoms with Gasteiger partial charge in [-0.1, -0.05) is 20.8 Å². The number of aliphatic hydroxyl groups excluding tert-OH is 1. The van der Waals surface area contributed by atoms with Crippen molar-refractivity contribution in [3.05, 3.63) is 0 Å². The van der Waals surface area contributed by atoms with E-state index >= 15 is 0 Å². The minimum Gasteiger partial charge on any atom is -0.390 e. The van der Waals surface area contributed by atoms with Crippen molar-refractivity contribution < 1.29 is 10.2 Å². The van der Waals surface area contributed by atoms with Gasteiger partial charge >= 0.3 is 0 Å². The fourth-order valence-electron chi connectivity index (χ4n) is 3.02. The molecule has 1 aliphatic rings. The lowest BCUT2D eigenvalue weighted by molar-refractivity contribution is -0.112. The lowest BCUT2D eigenvalue weighted by atomic mass is 9.78.